The normalized spacial score (nSPS) is 15.5. The van der Waals surface area contributed by atoms with Crippen molar-refractivity contribution in [3.8, 4) is 17.1 Å². The highest BCUT2D eigenvalue weighted by Gasteiger charge is 2.44. The fraction of sp³-hybridized carbons (Fsp3) is 0.300. The molecule has 0 spiro atoms. The van der Waals surface area contributed by atoms with Crippen LogP contribution in [0.3, 0.4) is 0 Å². The van der Waals surface area contributed by atoms with E-state index in [4.69, 9.17) is 9.72 Å². The number of ether oxygens (including phenoxy) is 1. The van der Waals surface area contributed by atoms with Crippen molar-refractivity contribution in [1.82, 2.24) is 9.97 Å². The van der Waals surface area contributed by atoms with E-state index in [1.807, 2.05) is 50.2 Å². The van der Waals surface area contributed by atoms with Crippen molar-refractivity contribution in [3.63, 3.8) is 0 Å². The van der Waals surface area contributed by atoms with E-state index in [0.29, 0.717) is 6.54 Å². The number of anilines is 1. The molecule has 1 amide bonds. The molecule has 134 valence electrons. The minimum absolute atomic E-state index is 0.00424. The van der Waals surface area contributed by atoms with Crippen molar-refractivity contribution in [2.24, 2.45) is 0 Å². The summed E-state index contributed by atoms with van der Waals surface area (Å²) >= 11 is 0. The van der Waals surface area contributed by atoms with Crippen LogP contribution in [0.5, 0.6) is 5.75 Å². The van der Waals surface area contributed by atoms with Gasteiger partial charge in [-0.25, -0.2) is 4.98 Å². The average molecular weight is 351 g/mol. The average Bonchev–Trinajstić information content (AvgIpc) is 3.14. The van der Waals surface area contributed by atoms with Crippen molar-refractivity contribution >= 4 is 22.6 Å². The van der Waals surface area contributed by atoms with Crippen LogP contribution in [0.4, 0.5) is 5.69 Å². The van der Waals surface area contributed by atoms with Gasteiger partial charge in [-0.2, -0.15) is 0 Å². The van der Waals surface area contributed by atoms with Gasteiger partial charge in [-0.1, -0.05) is 0 Å². The Hall–Kier alpha value is -2.86. The van der Waals surface area contributed by atoms with Gasteiger partial charge < -0.3 is 19.7 Å². The second-order valence-corrected chi connectivity index (χ2v) is 7.01. The Balaban J connectivity index is 1.82. The molecule has 1 aliphatic rings. The first-order chi connectivity index (χ1) is 12.5. The summed E-state index contributed by atoms with van der Waals surface area (Å²) in [6.07, 6.45) is 0. The van der Waals surface area contributed by atoms with Crippen LogP contribution in [-0.4, -0.2) is 41.2 Å². The summed E-state index contributed by atoms with van der Waals surface area (Å²) < 4.78 is 5.20. The quantitative estimate of drug-likeness (QED) is 0.758. The van der Waals surface area contributed by atoms with E-state index in [0.717, 1.165) is 39.4 Å². The summed E-state index contributed by atoms with van der Waals surface area (Å²) in [5.74, 6) is 1.57. The van der Waals surface area contributed by atoms with E-state index in [9.17, 15) is 9.90 Å². The Morgan fingerprint density at radius 1 is 1.23 bits per heavy atom. The van der Waals surface area contributed by atoms with Gasteiger partial charge in [0.15, 0.2) is 0 Å². The third-order valence-corrected chi connectivity index (χ3v) is 5.03. The largest absolute Gasteiger partial charge is 0.497 e. The number of carbonyl (C=O) groups is 1. The summed E-state index contributed by atoms with van der Waals surface area (Å²) in [5, 5.41) is 9.32. The van der Waals surface area contributed by atoms with Gasteiger partial charge in [0.2, 0.25) is 5.91 Å². The Bertz CT molecular complexity index is 989. The third kappa shape index (κ3) is 2.37. The Morgan fingerprint density at radius 2 is 1.96 bits per heavy atom. The topological polar surface area (TPSA) is 78.4 Å². The lowest BCUT2D eigenvalue weighted by Crippen LogP contribution is -2.37. The maximum absolute atomic E-state index is 12.7. The van der Waals surface area contributed by atoms with Gasteiger partial charge in [0, 0.05) is 12.1 Å². The molecule has 2 aromatic carbocycles. The molecule has 0 radical (unpaired) electrons. The van der Waals surface area contributed by atoms with Crippen molar-refractivity contribution in [2.75, 3.05) is 25.2 Å². The maximum Gasteiger partial charge on any atom is 0.237 e. The number of nitrogens with one attached hydrogen (secondary N) is 1. The molecule has 0 unspecified atom stereocenters. The number of β-amino-alcohol motifs (C(OH)–C–C–N with tert-alkyl or cyclic N) is 1. The van der Waals surface area contributed by atoms with E-state index in [1.165, 1.54) is 0 Å². The zero-order valence-electron chi connectivity index (χ0n) is 15.0. The zero-order chi connectivity index (χ0) is 18.5. The van der Waals surface area contributed by atoms with Gasteiger partial charge in [0.25, 0.3) is 0 Å². The number of fused-ring (bicyclic) bond motifs is 2. The number of nitrogens with zero attached hydrogens (tertiary/aromatic N) is 2. The van der Waals surface area contributed by atoms with Gasteiger partial charge >= 0.3 is 0 Å². The van der Waals surface area contributed by atoms with Crippen LogP contribution in [0, 0.1) is 0 Å². The molecule has 6 nitrogen and oxygen atoms in total. The molecule has 1 aliphatic heterocycles. The molecule has 1 aromatic heterocycles. The van der Waals surface area contributed by atoms with Crippen molar-refractivity contribution in [3.05, 3.63) is 42.0 Å². The van der Waals surface area contributed by atoms with Gasteiger partial charge in [-0.15, -0.1) is 0 Å². The molecular weight excluding hydrogens is 330 g/mol. The number of carbonyl (C=O) groups excluding carboxylic acids is 1. The fourth-order valence-corrected chi connectivity index (χ4v) is 3.54. The van der Waals surface area contributed by atoms with E-state index in [2.05, 4.69) is 4.98 Å². The molecule has 3 aromatic rings. The number of methoxy groups -OCH3 is 1. The van der Waals surface area contributed by atoms with E-state index in [-0.39, 0.29) is 12.5 Å². The highest BCUT2D eigenvalue weighted by atomic mass is 16.5. The summed E-state index contributed by atoms with van der Waals surface area (Å²) in [4.78, 5) is 22.4. The second-order valence-electron chi connectivity index (χ2n) is 7.01. The lowest BCUT2D eigenvalue weighted by atomic mass is 9.86. The number of imidazole rings is 1. The van der Waals surface area contributed by atoms with Gasteiger partial charge in [-0.3, -0.25) is 4.79 Å². The van der Waals surface area contributed by atoms with E-state index >= 15 is 0 Å². The van der Waals surface area contributed by atoms with Crippen molar-refractivity contribution in [2.45, 2.75) is 19.3 Å². The molecule has 0 aliphatic carbocycles. The van der Waals surface area contributed by atoms with Crippen LogP contribution in [-0.2, 0) is 10.2 Å². The summed E-state index contributed by atoms with van der Waals surface area (Å²) in [5.41, 5.74) is 3.80. The molecule has 0 fully saturated rings. The monoisotopic (exact) mass is 351 g/mol. The number of aromatic amines is 1. The first kappa shape index (κ1) is 16.6. The Labute approximate surface area is 151 Å². The number of aromatic nitrogens is 2. The van der Waals surface area contributed by atoms with Crippen LogP contribution in [0.25, 0.3) is 22.4 Å². The predicted octanol–water partition coefficient (Wildman–Crippen LogP) is 2.86. The smallest absolute Gasteiger partial charge is 0.237 e. The van der Waals surface area contributed by atoms with Crippen molar-refractivity contribution in [1.29, 1.82) is 0 Å². The molecule has 2 heterocycles. The van der Waals surface area contributed by atoms with Crippen LogP contribution in [0.1, 0.15) is 19.4 Å². The third-order valence-electron chi connectivity index (χ3n) is 5.03. The number of aliphatic hydroxyl groups excluding tert-OH is 1. The van der Waals surface area contributed by atoms with Gasteiger partial charge in [0.1, 0.15) is 11.6 Å². The molecule has 0 saturated carbocycles. The Morgan fingerprint density at radius 3 is 2.62 bits per heavy atom. The summed E-state index contributed by atoms with van der Waals surface area (Å²) in [7, 11) is 1.64. The standard InChI is InChI=1S/C20H21N3O3/c1-20(2)14-10-15-16(11-17(14)23(8-9-24)19(20)25)22-18(21-15)12-4-6-13(26-3)7-5-12/h4-7,10-11,24H,8-9H2,1-3H3,(H,21,22). The number of H-pyrrole nitrogens is 1. The molecule has 6 heteroatoms. The second kappa shape index (κ2) is 5.85. The molecule has 2 N–H and O–H groups in total. The predicted molar refractivity (Wildman–Crippen MR) is 101 cm³/mol. The summed E-state index contributed by atoms with van der Waals surface area (Å²) in [6, 6.07) is 11.6. The van der Waals surface area contributed by atoms with Gasteiger partial charge in [-0.05, 0) is 55.8 Å². The number of hydrogen-bond acceptors (Lipinski definition) is 4. The van der Waals surface area contributed by atoms with Crippen LogP contribution in [0.2, 0.25) is 0 Å². The number of aliphatic hydroxyl groups is 1. The minimum atomic E-state index is -0.627. The van der Waals surface area contributed by atoms with E-state index in [1.54, 1.807) is 12.0 Å². The fourth-order valence-electron chi connectivity index (χ4n) is 3.54. The Kier molecular flexibility index (Phi) is 3.73. The number of rotatable bonds is 4. The van der Waals surface area contributed by atoms with Gasteiger partial charge in [0.05, 0.1) is 35.9 Å². The SMILES string of the molecule is COc1ccc(-c2nc3cc4c(cc3[nH]2)N(CCO)C(=O)C4(C)C)cc1. The maximum atomic E-state index is 12.7. The molecular formula is C20H21N3O3. The first-order valence-corrected chi connectivity index (χ1v) is 8.57. The van der Waals surface area contributed by atoms with E-state index < -0.39 is 5.41 Å². The lowest BCUT2D eigenvalue weighted by Gasteiger charge is -2.19. The van der Waals surface area contributed by atoms with Crippen LogP contribution in [0.15, 0.2) is 36.4 Å². The molecule has 4 rings (SSSR count). The molecule has 26 heavy (non-hydrogen) atoms. The summed E-state index contributed by atoms with van der Waals surface area (Å²) in [6.45, 7) is 4.04. The molecule has 0 saturated heterocycles. The number of amides is 1. The lowest BCUT2D eigenvalue weighted by molar-refractivity contribution is -0.122. The number of benzene rings is 2. The minimum Gasteiger partial charge on any atom is -0.497 e. The van der Waals surface area contributed by atoms with Crippen LogP contribution < -0.4 is 9.64 Å². The zero-order valence-corrected chi connectivity index (χ0v) is 15.0. The van der Waals surface area contributed by atoms with Crippen molar-refractivity contribution < 1.29 is 14.6 Å². The highest BCUT2D eigenvalue weighted by molar-refractivity contribution is 6.09. The molecule has 0 bridgehead atoms. The first-order valence-electron chi connectivity index (χ1n) is 8.57. The highest BCUT2D eigenvalue weighted by Crippen LogP contribution is 2.43. The number of hydrogen-bond donors (Lipinski definition) is 2. The molecule has 0 atom stereocenters. The van der Waals surface area contributed by atoms with Crippen LogP contribution >= 0.6 is 0 Å².